The summed E-state index contributed by atoms with van der Waals surface area (Å²) in [6.45, 7) is 1.01. The maximum absolute atomic E-state index is 13.3. The van der Waals surface area contributed by atoms with Gasteiger partial charge in [-0.25, -0.2) is 0 Å². The molecule has 1 aliphatic carbocycles. The monoisotopic (exact) mass is 400 g/mol. The minimum atomic E-state index is 0.0829. The molecule has 2 aromatic carbocycles. The molecule has 0 saturated heterocycles. The van der Waals surface area contributed by atoms with E-state index >= 15 is 0 Å². The van der Waals surface area contributed by atoms with Crippen LogP contribution in [0.5, 0.6) is 0 Å². The number of hydrogen-bond acceptors (Lipinski definition) is 2. The Morgan fingerprint density at radius 2 is 1.67 bits per heavy atom. The number of carbonyl (C=O) groups excluding carboxylic acids is 2. The lowest BCUT2D eigenvalue weighted by Crippen LogP contribution is -2.37. The Morgan fingerprint density at radius 1 is 0.900 bits per heavy atom. The van der Waals surface area contributed by atoms with Gasteiger partial charge in [0.25, 0.3) is 0 Å². The van der Waals surface area contributed by atoms with Crippen molar-refractivity contribution in [1.82, 2.24) is 4.57 Å². The Bertz CT molecular complexity index is 1090. The van der Waals surface area contributed by atoms with Crippen molar-refractivity contribution >= 4 is 28.3 Å². The first-order valence-electron chi connectivity index (χ1n) is 11.2. The lowest BCUT2D eigenvalue weighted by atomic mass is 9.84. The Hall–Kier alpha value is -2.88. The highest BCUT2D eigenvalue weighted by atomic mass is 16.2. The zero-order valence-corrected chi connectivity index (χ0v) is 17.3. The second-order valence-electron chi connectivity index (χ2n) is 8.66. The second kappa shape index (κ2) is 8.10. The van der Waals surface area contributed by atoms with E-state index in [-0.39, 0.29) is 24.2 Å². The van der Waals surface area contributed by atoms with Crippen molar-refractivity contribution < 1.29 is 9.59 Å². The molecule has 1 aromatic heterocycles. The van der Waals surface area contributed by atoms with Crippen molar-refractivity contribution in [2.75, 3.05) is 11.4 Å². The van der Waals surface area contributed by atoms with Gasteiger partial charge in [-0.2, -0.15) is 0 Å². The third-order valence-corrected chi connectivity index (χ3v) is 6.75. The smallest absolute Gasteiger partial charge is 0.246 e. The van der Waals surface area contributed by atoms with Crippen molar-refractivity contribution in [3.8, 4) is 0 Å². The number of rotatable bonds is 4. The van der Waals surface area contributed by atoms with Crippen LogP contribution >= 0.6 is 0 Å². The van der Waals surface area contributed by atoms with Crippen molar-refractivity contribution in [2.24, 2.45) is 5.92 Å². The summed E-state index contributed by atoms with van der Waals surface area (Å²) >= 11 is 0. The van der Waals surface area contributed by atoms with Crippen LogP contribution in [0.15, 0.2) is 54.7 Å². The molecule has 4 heteroatoms. The van der Waals surface area contributed by atoms with Gasteiger partial charge in [-0.15, -0.1) is 0 Å². The molecule has 30 heavy (non-hydrogen) atoms. The largest absolute Gasteiger partial charge is 0.337 e. The zero-order valence-electron chi connectivity index (χ0n) is 17.3. The number of Topliss-reactive ketones (excluding diaryl/α,β-unsaturated/α-hetero) is 1. The van der Waals surface area contributed by atoms with Crippen LogP contribution in [-0.2, 0) is 17.8 Å². The van der Waals surface area contributed by atoms with Crippen LogP contribution in [0.4, 0.5) is 5.69 Å². The number of fused-ring (bicyclic) bond motifs is 2. The molecule has 0 radical (unpaired) electrons. The molecule has 0 N–H and O–H groups in total. The molecule has 4 nitrogen and oxygen atoms in total. The number of aromatic nitrogens is 1. The molecule has 1 fully saturated rings. The molecule has 1 aliphatic heterocycles. The summed E-state index contributed by atoms with van der Waals surface area (Å²) in [5, 5.41) is 0.972. The second-order valence-corrected chi connectivity index (χ2v) is 8.66. The molecule has 0 atom stereocenters. The molecule has 0 unspecified atom stereocenters. The number of carbonyl (C=O) groups is 2. The molecule has 5 rings (SSSR count). The van der Waals surface area contributed by atoms with Gasteiger partial charge in [0.15, 0.2) is 5.78 Å². The van der Waals surface area contributed by atoms with Crippen LogP contribution in [-0.4, -0.2) is 22.8 Å². The topological polar surface area (TPSA) is 42.3 Å². The Balaban J connectivity index is 1.45. The average Bonchev–Trinajstić information content (AvgIpc) is 3.17. The normalized spacial score (nSPS) is 17.1. The van der Waals surface area contributed by atoms with Crippen LogP contribution in [0.1, 0.15) is 54.4 Å². The van der Waals surface area contributed by atoms with Gasteiger partial charge < -0.3 is 9.47 Å². The third kappa shape index (κ3) is 3.45. The summed E-state index contributed by atoms with van der Waals surface area (Å²) in [5.74, 6) is 0.461. The molecular formula is C26H28N2O2. The van der Waals surface area contributed by atoms with E-state index in [2.05, 4.69) is 6.07 Å². The summed E-state index contributed by atoms with van der Waals surface area (Å²) in [4.78, 5) is 28.5. The van der Waals surface area contributed by atoms with E-state index in [0.29, 0.717) is 0 Å². The van der Waals surface area contributed by atoms with Gasteiger partial charge in [-0.1, -0.05) is 55.7 Å². The number of para-hydroxylation sites is 2. The quantitative estimate of drug-likeness (QED) is 0.552. The minimum Gasteiger partial charge on any atom is -0.337 e. The van der Waals surface area contributed by atoms with Gasteiger partial charge in [0, 0.05) is 40.8 Å². The highest BCUT2D eigenvalue weighted by Gasteiger charge is 2.27. The number of benzene rings is 2. The SMILES string of the molecule is O=C(c1cn(CC(=O)N2CCCc3ccccc32)c2ccccc12)C1CCCCC1. The third-order valence-electron chi connectivity index (χ3n) is 6.75. The summed E-state index contributed by atoms with van der Waals surface area (Å²) in [6.07, 6.45) is 9.42. The summed E-state index contributed by atoms with van der Waals surface area (Å²) in [5.41, 5.74) is 4.02. The molecule has 2 heterocycles. The van der Waals surface area contributed by atoms with Gasteiger partial charge in [0.2, 0.25) is 5.91 Å². The molecule has 0 spiro atoms. The van der Waals surface area contributed by atoms with E-state index in [1.54, 1.807) is 0 Å². The Morgan fingerprint density at radius 3 is 2.53 bits per heavy atom. The maximum atomic E-state index is 13.3. The minimum absolute atomic E-state index is 0.0829. The summed E-state index contributed by atoms with van der Waals surface area (Å²) < 4.78 is 1.98. The van der Waals surface area contributed by atoms with Crippen molar-refractivity contribution in [1.29, 1.82) is 0 Å². The van der Waals surface area contributed by atoms with E-state index < -0.39 is 0 Å². The molecule has 2 aliphatic rings. The average molecular weight is 401 g/mol. The van der Waals surface area contributed by atoms with E-state index in [1.807, 2.05) is 58.1 Å². The van der Waals surface area contributed by atoms with Gasteiger partial charge in [0.05, 0.1) is 0 Å². The van der Waals surface area contributed by atoms with Crippen LogP contribution in [0.3, 0.4) is 0 Å². The van der Waals surface area contributed by atoms with Crippen molar-refractivity contribution in [3.05, 3.63) is 65.9 Å². The molecule has 1 amide bonds. The van der Waals surface area contributed by atoms with Gasteiger partial charge in [-0.3, -0.25) is 9.59 Å². The molecule has 154 valence electrons. The van der Waals surface area contributed by atoms with E-state index in [0.717, 1.165) is 67.2 Å². The highest BCUT2D eigenvalue weighted by molar-refractivity contribution is 6.09. The fourth-order valence-electron chi connectivity index (χ4n) is 5.18. The van der Waals surface area contributed by atoms with Crippen LogP contribution in [0, 0.1) is 5.92 Å². The van der Waals surface area contributed by atoms with Gasteiger partial charge in [0.1, 0.15) is 6.54 Å². The van der Waals surface area contributed by atoms with Crippen molar-refractivity contribution in [2.45, 2.75) is 51.5 Å². The first kappa shape index (κ1) is 19.1. The van der Waals surface area contributed by atoms with Gasteiger partial charge >= 0.3 is 0 Å². The lowest BCUT2D eigenvalue weighted by molar-refractivity contribution is -0.119. The highest BCUT2D eigenvalue weighted by Crippen LogP contribution is 2.31. The van der Waals surface area contributed by atoms with Gasteiger partial charge in [-0.05, 0) is 43.4 Å². The Labute approximate surface area is 177 Å². The molecular weight excluding hydrogens is 372 g/mol. The van der Waals surface area contributed by atoms with E-state index in [1.165, 1.54) is 12.0 Å². The fraction of sp³-hybridized carbons (Fsp3) is 0.385. The maximum Gasteiger partial charge on any atom is 0.246 e. The lowest BCUT2D eigenvalue weighted by Gasteiger charge is -2.29. The van der Waals surface area contributed by atoms with Crippen molar-refractivity contribution in [3.63, 3.8) is 0 Å². The number of hydrogen-bond donors (Lipinski definition) is 0. The van der Waals surface area contributed by atoms with E-state index in [4.69, 9.17) is 0 Å². The first-order valence-corrected chi connectivity index (χ1v) is 11.2. The number of anilines is 1. The van der Waals surface area contributed by atoms with E-state index in [9.17, 15) is 9.59 Å². The first-order chi connectivity index (χ1) is 14.7. The zero-order chi connectivity index (χ0) is 20.5. The standard InChI is InChI=1S/C26H28N2O2/c29-25(28-16-8-12-19-9-4-6-14-23(19)28)18-27-17-22(21-13-5-7-15-24(21)27)26(30)20-10-2-1-3-11-20/h4-7,9,13-15,17,20H,1-3,8,10-12,16,18H2. The Kier molecular flexibility index (Phi) is 5.16. The summed E-state index contributed by atoms with van der Waals surface area (Å²) in [6, 6.07) is 16.2. The molecule has 3 aromatic rings. The molecule has 0 bridgehead atoms. The van der Waals surface area contributed by atoms with Crippen LogP contribution < -0.4 is 4.90 Å². The fourth-order valence-corrected chi connectivity index (χ4v) is 5.18. The molecule has 1 saturated carbocycles. The number of nitrogens with zero attached hydrogens (tertiary/aromatic N) is 2. The number of aryl methyl sites for hydroxylation is 1. The van der Waals surface area contributed by atoms with Crippen LogP contribution in [0.25, 0.3) is 10.9 Å². The number of ketones is 1. The predicted octanol–water partition coefficient (Wildman–Crippen LogP) is 5.38. The number of amides is 1. The predicted molar refractivity (Wildman–Crippen MR) is 120 cm³/mol. The van der Waals surface area contributed by atoms with Crippen LogP contribution in [0.2, 0.25) is 0 Å². The summed E-state index contributed by atoms with van der Waals surface area (Å²) in [7, 11) is 0.